The summed E-state index contributed by atoms with van der Waals surface area (Å²) in [6, 6.07) is 27.6. The molecule has 164 valence electrons. The Balaban J connectivity index is 1.49. The first-order valence-electron chi connectivity index (χ1n) is 11.3. The quantitative estimate of drug-likeness (QED) is 0.383. The molecule has 0 aromatic heterocycles. The maximum atomic E-state index is 15.8. The summed E-state index contributed by atoms with van der Waals surface area (Å²) in [6.07, 6.45) is 4.06. The fraction of sp³-hybridized carbons (Fsp3) is 0.172. The first kappa shape index (κ1) is 20.0. The van der Waals surface area contributed by atoms with Crippen LogP contribution >= 0.6 is 0 Å². The van der Waals surface area contributed by atoms with Crippen molar-refractivity contribution in [2.75, 3.05) is 31.2 Å². The van der Waals surface area contributed by atoms with Crippen LogP contribution in [0, 0.1) is 5.82 Å². The van der Waals surface area contributed by atoms with E-state index in [9.17, 15) is 0 Å². The standard InChI is InChI=1S/C29H24FNO2/c30-27-20-23(31-16-18-32-19-17-31)11-12-26(27)29(22-7-2-1-3-8-22)15-14-25-24-9-5-4-6-21(24)10-13-28(25)33-29/h1-15,20H,16-19H2. The van der Waals surface area contributed by atoms with Gasteiger partial charge in [0.05, 0.1) is 13.2 Å². The van der Waals surface area contributed by atoms with E-state index in [0.29, 0.717) is 18.8 Å². The molecule has 0 N–H and O–H groups in total. The lowest BCUT2D eigenvalue weighted by Gasteiger charge is -2.37. The summed E-state index contributed by atoms with van der Waals surface area (Å²) >= 11 is 0. The molecular weight excluding hydrogens is 413 g/mol. The molecule has 0 spiro atoms. The van der Waals surface area contributed by atoms with Gasteiger partial charge in [-0.15, -0.1) is 0 Å². The monoisotopic (exact) mass is 437 g/mol. The number of morpholine rings is 1. The highest BCUT2D eigenvalue weighted by Gasteiger charge is 2.39. The van der Waals surface area contributed by atoms with Gasteiger partial charge in [0.25, 0.3) is 0 Å². The number of halogens is 1. The molecule has 0 bridgehead atoms. The first-order chi connectivity index (χ1) is 16.2. The average Bonchev–Trinajstić information content (AvgIpc) is 2.89. The third kappa shape index (κ3) is 3.38. The molecule has 1 atom stereocenters. The molecular formula is C29H24FNO2. The Morgan fingerprint density at radius 2 is 1.61 bits per heavy atom. The zero-order chi connectivity index (χ0) is 22.3. The van der Waals surface area contributed by atoms with Gasteiger partial charge in [-0.25, -0.2) is 4.39 Å². The second kappa shape index (κ2) is 8.05. The minimum Gasteiger partial charge on any atom is -0.473 e. The van der Waals surface area contributed by atoms with Gasteiger partial charge in [-0.05, 0) is 47.2 Å². The van der Waals surface area contributed by atoms with Gasteiger partial charge in [0.1, 0.15) is 11.6 Å². The van der Waals surface area contributed by atoms with Crippen LogP contribution < -0.4 is 9.64 Å². The molecule has 0 saturated carbocycles. The zero-order valence-corrected chi connectivity index (χ0v) is 18.2. The predicted octanol–water partition coefficient (Wildman–Crippen LogP) is 6.16. The normalized spacial score (nSPS) is 19.8. The van der Waals surface area contributed by atoms with Crippen molar-refractivity contribution >= 4 is 22.5 Å². The predicted molar refractivity (Wildman–Crippen MR) is 130 cm³/mol. The maximum absolute atomic E-state index is 15.8. The van der Waals surface area contributed by atoms with E-state index >= 15 is 4.39 Å². The Morgan fingerprint density at radius 3 is 2.42 bits per heavy atom. The third-order valence-corrected chi connectivity index (χ3v) is 6.62. The molecule has 4 aromatic rings. The van der Waals surface area contributed by atoms with Crippen molar-refractivity contribution in [3.63, 3.8) is 0 Å². The fourth-order valence-corrected chi connectivity index (χ4v) is 4.91. The van der Waals surface area contributed by atoms with Crippen molar-refractivity contribution in [3.8, 4) is 5.75 Å². The highest BCUT2D eigenvalue weighted by atomic mass is 19.1. The number of hydrogen-bond donors (Lipinski definition) is 0. The SMILES string of the molecule is Fc1cc(N2CCOCC2)ccc1C1(c2ccccc2)C=Cc2c(ccc3ccccc23)O1. The van der Waals surface area contributed by atoms with Crippen LogP contribution in [0.2, 0.25) is 0 Å². The van der Waals surface area contributed by atoms with Crippen LogP contribution in [0.1, 0.15) is 16.7 Å². The molecule has 33 heavy (non-hydrogen) atoms. The Morgan fingerprint density at radius 1 is 0.818 bits per heavy atom. The molecule has 4 aromatic carbocycles. The Bertz CT molecular complexity index is 1340. The van der Waals surface area contributed by atoms with Crippen LogP contribution in [0.15, 0.2) is 91.0 Å². The van der Waals surface area contributed by atoms with Gasteiger partial charge in [-0.2, -0.15) is 0 Å². The molecule has 2 aliphatic heterocycles. The molecule has 0 aliphatic carbocycles. The highest BCUT2D eigenvalue weighted by molar-refractivity contribution is 5.94. The van der Waals surface area contributed by atoms with Gasteiger partial charge < -0.3 is 14.4 Å². The number of hydrogen-bond acceptors (Lipinski definition) is 3. The van der Waals surface area contributed by atoms with Gasteiger partial charge in [-0.3, -0.25) is 0 Å². The van der Waals surface area contributed by atoms with E-state index in [2.05, 4.69) is 29.2 Å². The lowest BCUT2D eigenvalue weighted by atomic mass is 9.82. The van der Waals surface area contributed by atoms with Crippen molar-refractivity contribution in [2.24, 2.45) is 0 Å². The average molecular weight is 438 g/mol. The van der Waals surface area contributed by atoms with Crippen LogP contribution in [0.25, 0.3) is 16.8 Å². The Kier molecular flexibility index (Phi) is 4.88. The van der Waals surface area contributed by atoms with E-state index in [1.165, 1.54) is 0 Å². The molecule has 4 heteroatoms. The lowest BCUT2D eigenvalue weighted by Crippen LogP contribution is -2.37. The largest absolute Gasteiger partial charge is 0.473 e. The van der Waals surface area contributed by atoms with Crippen molar-refractivity contribution in [2.45, 2.75) is 5.60 Å². The number of benzene rings is 4. The molecule has 1 fully saturated rings. The molecule has 2 heterocycles. The number of fused-ring (bicyclic) bond motifs is 3. The third-order valence-electron chi connectivity index (χ3n) is 6.62. The number of anilines is 1. The maximum Gasteiger partial charge on any atom is 0.180 e. The number of ether oxygens (including phenoxy) is 2. The summed E-state index contributed by atoms with van der Waals surface area (Å²) in [5.74, 6) is 0.466. The topological polar surface area (TPSA) is 21.7 Å². The van der Waals surface area contributed by atoms with Crippen LogP contribution in [0.4, 0.5) is 10.1 Å². The first-order valence-corrected chi connectivity index (χ1v) is 11.3. The molecule has 0 radical (unpaired) electrons. The molecule has 6 rings (SSSR count). The molecule has 3 nitrogen and oxygen atoms in total. The summed E-state index contributed by atoms with van der Waals surface area (Å²) in [4.78, 5) is 2.16. The van der Waals surface area contributed by atoms with Gasteiger partial charge in [-0.1, -0.05) is 60.7 Å². The van der Waals surface area contributed by atoms with E-state index in [0.717, 1.165) is 46.4 Å². The summed E-state index contributed by atoms with van der Waals surface area (Å²) in [7, 11) is 0. The van der Waals surface area contributed by atoms with Crippen LogP contribution in [0.3, 0.4) is 0 Å². The van der Waals surface area contributed by atoms with Crippen LogP contribution in [0.5, 0.6) is 5.75 Å². The van der Waals surface area contributed by atoms with E-state index < -0.39 is 5.60 Å². The number of rotatable bonds is 3. The van der Waals surface area contributed by atoms with Crippen molar-refractivity contribution in [1.82, 2.24) is 0 Å². The second-order valence-corrected chi connectivity index (χ2v) is 8.50. The van der Waals surface area contributed by atoms with Gasteiger partial charge >= 0.3 is 0 Å². The minimum atomic E-state index is -1.05. The Hall–Kier alpha value is -3.63. The van der Waals surface area contributed by atoms with Gasteiger partial charge in [0.2, 0.25) is 0 Å². The van der Waals surface area contributed by atoms with Crippen molar-refractivity contribution in [3.05, 3.63) is 114 Å². The van der Waals surface area contributed by atoms with Crippen LogP contribution in [-0.4, -0.2) is 26.3 Å². The van der Waals surface area contributed by atoms with Crippen molar-refractivity contribution in [1.29, 1.82) is 0 Å². The summed E-state index contributed by atoms with van der Waals surface area (Å²) in [6.45, 7) is 2.85. The van der Waals surface area contributed by atoms with Gasteiger partial charge in [0.15, 0.2) is 5.60 Å². The van der Waals surface area contributed by atoms with Gasteiger partial charge in [0, 0.05) is 35.5 Å². The van der Waals surface area contributed by atoms with E-state index in [4.69, 9.17) is 9.47 Å². The van der Waals surface area contributed by atoms with Crippen molar-refractivity contribution < 1.29 is 13.9 Å². The zero-order valence-electron chi connectivity index (χ0n) is 18.2. The summed E-state index contributed by atoms with van der Waals surface area (Å²) in [5, 5.41) is 2.27. The highest BCUT2D eigenvalue weighted by Crippen LogP contribution is 2.45. The van der Waals surface area contributed by atoms with E-state index in [1.54, 1.807) is 6.07 Å². The Labute approximate surface area is 192 Å². The molecule has 1 unspecified atom stereocenters. The summed E-state index contributed by atoms with van der Waals surface area (Å²) < 4.78 is 27.9. The molecule has 2 aliphatic rings. The minimum absolute atomic E-state index is 0.281. The summed E-state index contributed by atoms with van der Waals surface area (Å²) in [5.41, 5.74) is 2.22. The molecule has 1 saturated heterocycles. The number of nitrogens with zero attached hydrogens (tertiary/aromatic N) is 1. The fourth-order valence-electron chi connectivity index (χ4n) is 4.91. The smallest absolute Gasteiger partial charge is 0.180 e. The lowest BCUT2D eigenvalue weighted by molar-refractivity contribution is 0.122. The van der Waals surface area contributed by atoms with E-state index in [-0.39, 0.29) is 5.82 Å². The molecule has 0 amide bonds. The van der Waals surface area contributed by atoms with Crippen LogP contribution in [-0.2, 0) is 10.3 Å². The van der Waals surface area contributed by atoms with E-state index in [1.807, 2.05) is 66.7 Å². The second-order valence-electron chi connectivity index (χ2n) is 8.50.